The van der Waals surface area contributed by atoms with Crippen molar-refractivity contribution < 1.29 is 19.4 Å². The number of hydrogen-bond acceptors (Lipinski definition) is 9. The van der Waals surface area contributed by atoms with Crippen LogP contribution in [0.4, 0.5) is 0 Å². The van der Waals surface area contributed by atoms with Gasteiger partial charge in [0.15, 0.2) is 0 Å². The molecule has 4 N–H and O–H groups in total. The molecule has 2 aromatic carbocycles. The molecular weight excluding hydrogens is 691 g/mol. The maximum absolute atomic E-state index is 13.3. The Labute approximate surface area is 305 Å². The minimum atomic E-state index is -0.563. The van der Waals surface area contributed by atoms with Crippen LogP contribution < -0.4 is 26.2 Å². The number of rotatable bonds is 11. The van der Waals surface area contributed by atoms with Crippen molar-refractivity contribution in [2.45, 2.75) is 50.5 Å². The smallest absolute Gasteiger partial charge is 0.262 e. The monoisotopic (exact) mass is 728 g/mol. The fourth-order valence-electron chi connectivity index (χ4n) is 6.65. The number of hydrogen-bond donors (Lipinski definition) is 4. The molecule has 3 atom stereocenters. The van der Waals surface area contributed by atoms with Crippen LogP contribution in [-0.2, 0) is 22.6 Å². The number of carbonyl (C=O) groups is 1. The summed E-state index contributed by atoms with van der Waals surface area (Å²) in [5, 5.41) is 20.8. The number of aliphatic hydroxyl groups excluding tert-OH is 1. The summed E-state index contributed by atoms with van der Waals surface area (Å²) in [5.41, 5.74) is 6.15. The van der Waals surface area contributed by atoms with Crippen LogP contribution in [0, 0.1) is 0 Å². The number of aromatic nitrogens is 3. The molecule has 7 rings (SSSR count). The number of ether oxygens (including phenoxy) is 2. The lowest BCUT2D eigenvalue weighted by Crippen LogP contribution is -2.46. The van der Waals surface area contributed by atoms with Crippen molar-refractivity contribution in [3.05, 3.63) is 105 Å². The highest BCUT2D eigenvalue weighted by molar-refractivity contribution is 6.39. The molecule has 0 spiro atoms. The van der Waals surface area contributed by atoms with E-state index in [4.69, 9.17) is 37.7 Å². The van der Waals surface area contributed by atoms with Gasteiger partial charge in [-0.3, -0.25) is 14.0 Å². The van der Waals surface area contributed by atoms with E-state index in [2.05, 4.69) is 20.9 Å². The maximum atomic E-state index is 13.3. The fraction of sp³-hybridized carbons (Fsp3) is 0.316. The molecule has 13 heteroatoms. The molecular formula is C38H38Cl2N6O5. The number of carbonyl (C=O) groups excluding carboxylic acids is 1. The van der Waals surface area contributed by atoms with E-state index in [1.807, 2.05) is 60.7 Å². The summed E-state index contributed by atoms with van der Waals surface area (Å²) in [6, 6.07) is 19.1. The molecule has 2 fully saturated rings. The minimum Gasteiger partial charge on any atom is -0.481 e. The zero-order valence-electron chi connectivity index (χ0n) is 28.0. The van der Waals surface area contributed by atoms with Crippen molar-refractivity contribution in [3.8, 4) is 39.4 Å². The maximum Gasteiger partial charge on any atom is 0.262 e. The number of pyridine rings is 2. The third-order valence-electron chi connectivity index (χ3n) is 9.46. The Balaban J connectivity index is 1.12. The first-order valence-corrected chi connectivity index (χ1v) is 17.7. The van der Waals surface area contributed by atoms with Gasteiger partial charge in [0.1, 0.15) is 5.65 Å². The lowest BCUT2D eigenvalue weighted by Gasteiger charge is -2.28. The lowest BCUT2D eigenvalue weighted by molar-refractivity contribution is -0.119. The van der Waals surface area contributed by atoms with E-state index in [1.54, 1.807) is 19.5 Å². The predicted octanol–water partition coefficient (Wildman–Crippen LogP) is 5.01. The van der Waals surface area contributed by atoms with Crippen LogP contribution in [0.3, 0.4) is 0 Å². The number of amides is 1. The Kier molecular flexibility index (Phi) is 10.6. The highest BCUT2D eigenvalue weighted by Crippen LogP contribution is 2.42. The number of nitrogens with zero attached hydrogens (tertiary/aromatic N) is 3. The Hall–Kier alpha value is -4.36. The van der Waals surface area contributed by atoms with E-state index in [0.717, 1.165) is 46.2 Å². The summed E-state index contributed by atoms with van der Waals surface area (Å²) in [6.45, 7) is 2.34. The summed E-state index contributed by atoms with van der Waals surface area (Å²) in [5.74, 6) is 0.528. The van der Waals surface area contributed by atoms with Gasteiger partial charge in [-0.25, -0.2) is 9.97 Å². The summed E-state index contributed by atoms with van der Waals surface area (Å²) in [7, 11) is 1.58. The standard InChI is InChI=1S/C38H38Cl2N6O5/c1-50-37-23(18-42-31-13-15-51-21-32(31)47)8-10-30(45-37)29-7-3-6-28(36(29)40)27-5-2-4-26(35(27)39)22-12-14-46-33(16-22)43-19-24(38(46)49)17-41-20-25-9-11-34(48)44-25/h2-8,10,12,14,16,19,25,31-32,41-42,47H,9,11,13,15,17-18,20-21H2,1H3,(H,44,48)/t25-,31-,32+/m1/s1. The van der Waals surface area contributed by atoms with Crippen molar-refractivity contribution in [1.82, 2.24) is 30.3 Å². The van der Waals surface area contributed by atoms with Gasteiger partial charge in [-0.2, -0.15) is 0 Å². The summed E-state index contributed by atoms with van der Waals surface area (Å²) >= 11 is 14.2. The van der Waals surface area contributed by atoms with Crippen molar-refractivity contribution in [2.75, 3.05) is 26.9 Å². The van der Waals surface area contributed by atoms with Gasteiger partial charge < -0.3 is 30.5 Å². The number of methoxy groups -OCH3 is 1. The second-order valence-corrected chi connectivity index (χ2v) is 13.5. The molecule has 2 aliphatic heterocycles. The Morgan fingerprint density at radius 2 is 1.75 bits per heavy atom. The average molecular weight is 730 g/mol. The zero-order valence-corrected chi connectivity index (χ0v) is 29.5. The first-order chi connectivity index (χ1) is 24.8. The molecule has 0 unspecified atom stereocenters. The predicted molar refractivity (Wildman–Crippen MR) is 197 cm³/mol. The van der Waals surface area contributed by atoms with Gasteiger partial charge in [-0.1, -0.05) is 65.7 Å². The lowest BCUT2D eigenvalue weighted by atomic mass is 9.97. The quantitative estimate of drug-likeness (QED) is 0.148. The Bertz CT molecular complexity index is 2140. The van der Waals surface area contributed by atoms with E-state index >= 15 is 0 Å². The summed E-state index contributed by atoms with van der Waals surface area (Å²) < 4.78 is 12.5. The molecule has 5 aromatic rings. The van der Waals surface area contributed by atoms with Crippen LogP contribution in [0.25, 0.3) is 39.2 Å². The second-order valence-electron chi connectivity index (χ2n) is 12.8. The first-order valence-electron chi connectivity index (χ1n) is 16.9. The summed E-state index contributed by atoms with van der Waals surface area (Å²) in [4.78, 5) is 34.1. The number of halogens is 2. The van der Waals surface area contributed by atoms with Crippen molar-refractivity contribution in [1.29, 1.82) is 0 Å². The molecule has 0 saturated carbocycles. The molecule has 3 aromatic heterocycles. The summed E-state index contributed by atoms with van der Waals surface area (Å²) in [6.07, 6.45) is 4.78. The van der Waals surface area contributed by atoms with Crippen LogP contribution in [0.15, 0.2) is 77.9 Å². The second kappa shape index (κ2) is 15.5. The molecule has 0 aliphatic carbocycles. The number of benzene rings is 2. The zero-order chi connectivity index (χ0) is 35.5. The molecule has 2 saturated heterocycles. The highest BCUT2D eigenvalue weighted by atomic mass is 35.5. The molecule has 51 heavy (non-hydrogen) atoms. The van der Waals surface area contributed by atoms with Crippen molar-refractivity contribution in [2.24, 2.45) is 0 Å². The molecule has 1 amide bonds. The average Bonchev–Trinajstić information content (AvgIpc) is 3.57. The molecule has 2 aliphatic rings. The number of fused-ring (bicyclic) bond motifs is 1. The number of nitrogens with one attached hydrogen (secondary N) is 3. The molecule has 11 nitrogen and oxygen atoms in total. The largest absolute Gasteiger partial charge is 0.481 e. The van der Waals surface area contributed by atoms with E-state index in [9.17, 15) is 14.7 Å². The van der Waals surface area contributed by atoms with Crippen LogP contribution in [0.1, 0.15) is 30.4 Å². The third kappa shape index (κ3) is 7.50. The SMILES string of the molecule is COc1nc(-c2cccc(-c3cccc(-c4ccn5c(=O)c(CNC[C@H]6CCC(=O)N6)cnc5c4)c3Cl)c2Cl)ccc1CN[C@@H]1CCOC[C@@H]1O. The molecule has 264 valence electrons. The Morgan fingerprint density at radius 1 is 0.980 bits per heavy atom. The van der Waals surface area contributed by atoms with Gasteiger partial charge in [0.25, 0.3) is 5.56 Å². The highest BCUT2D eigenvalue weighted by Gasteiger charge is 2.24. The first kappa shape index (κ1) is 35.1. The van der Waals surface area contributed by atoms with Gasteiger partial charge in [0, 0.05) is 90.5 Å². The van der Waals surface area contributed by atoms with Gasteiger partial charge >= 0.3 is 0 Å². The van der Waals surface area contributed by atoms with Crippen LogP contribution in [-0.4, -0.2) is 70.4 Å². The van der Waals surface area contributed by atoms with Gasteiger partial charge in [0.2, 0.25) is 11.8 Å². The topological polar surface area (TPSA) is 139 Å². The molecule has 0 bridgehead atoms. The van der Waals surface area contributed by atoms with Crippen molar-refractivity contribution >= 4 is 34.8 Å². The van der Waals surface area contributed by atoms with Gasteiger partial charge in [-0.05, 0) is 36.6 Å². The van der Waals surface area contributed by atoms with E-state index in [1.165, 1.54) is 4.40 Å². The van der Waals surface area contributed by atoms with Gasteiger partial charge in [0.05, 0.1) is 35.6 Å². The molecule has 5 heterocycles. The van der Waals surface area contributed by atoms with E-state index in [0.29, 0.717) is 72.1 Å². The number of aliphatic hydroxyl groups is 1. The van der Waals surface area contributed by atoms with E-state index in [-0.39, 0.29) is 23.6 Å². The van der Waals surface area contributed by atoms with E-state index < -0.39 is 6.10 Å². The fourth-order valence-corrected chi connectivity index (χ4v) is 7.31. The van der Waals surface area contributed by atoms with Crippen molar-refractivity contribution in [3.63, 3.8) is 0 Å². The Morgan fingerprint density at radius 3 is 2.49 bits per heavy atom. The van der Waals surface area contributed by atoms with Crippen LogP contribution in [0.5, 0.6) is 5.88 Å². The minimum absolute atomic E-state index is 0.0604. The van der Waals surface area contributed by atoms with Crippen LogP contribution >= 0.6 is 23.2 Å². The normalized spacial score (nSPS) is 19.0. The van der Waals surface area contributed by atoms with Gasteiger partial charge in [-0.15, -0.1) is 0 Å². The third-order valence-corrected chi connectivity index (χ3v) is 10.3. The molecule has 0 radical (unpaired) electrons. The van der Waals surface area contributed by atoms with Crippen LogP contribution in [0.2, 0.25) is 10.0 Å².